The highest BCUT2D eigenvalue weighted by atomic mass is 16.5. The van der Waals surface area contributed by atoms with Gasteiger partial charge in [-0.1, -0.05) is 32.0 Å². The summed E-state index contributed by atoms with van der Waals surface area (Å²) in [6.07, 6.45) is 0.426. The Balaban J connectivity index is 2.15. The molecule has 0 bridgehead atoms. The Labute approximate surface area is 122 Å². The predicted molar refractivity (Wildman–Crippen MR) is 81.2 cm³/mol. The van der Waals surface area contributed by atoms with E-state index >= 15 is 0 Å². The number of hydrogen-bond donors (Lipinski definition) is 2. The van der Waals surface area contributed by atoms with Gasteiger partial charge in [0, 0.05) is 13.2 Å². The SMILES string of the molecule is COc1ccccc1CCNCC(O)COCC(C)C. The summed E-state index contributed by atoms with van der Waals surface area (Å²) < 4.78 is 10.7. The maximum Gasteiger partial charge on any atom is 0.122 e. The van der Waals surface area contributed by atoms with Crippen LogP contribution in [0.25, 0.3) is 0 Å². The van der Waals surface area contributed by atoms with Crippen LogP contribution in [0.3, 0.4) is 0 Å². The zero-order chi connectivity index (χ0) is 14.8. The van der Waals surface area contributed by atoms with Crippen molar-refractivity contribution in [3.8, 4) is 5.75 Å². The molecule has 0 saturated carbocycles. The molecule has 0 spiro atoms. The van der Waals surface area contributed by atoms with E-state index in [9.17, 15) is 5.11 Å². The minimum atomic E-state index is -0.452. The lowest BCUT2D eigenvalue weighted by Gasteiger charge is -2.14. The van der Waals surface area contributed by atoms with Crippen LogP contribution in [0.5, 0.6) is 5.75 Å². The fourth-order valence-corrected chi connectivity index (χ4v) is 1.90. The molecule has 20 heavy (non-hydrogen) atoms. The molecule has 1 aromatic rings. The van der Waals surface area contributed by atoms with Crippen molar-refractivity contribution in [2.45, 2.75) is 26.4 Å². The Hall–Kier alpha value is -1.10. The Morgan fingerprint density at radius 3 is 2.65 bits per heavy atom. The molecule has 0 amide bonds. The van der Waals surface area contributed by atoms with Crippen LogP contribution in [0.15, 0.2) is 24.3 Å². The van der Waals surface area contributed by atoms with Crippen LogP contribution in [0.2, 0.25) is 0 Å². The topological polar surface area (TPSA) is 50.7 Å². The first kappa shape index (κ1) is 17.0. The third kappa shape index (κ3) is 6.89. The molecule has 0 aromatic heterocycles. The number of ether oxygens (including phenoxy) is 2. The second-order valence-electron chi connectivity index (χ2n) is 5.35. The van der Waals surface area contributed by atoms with Gasteiger partial charge in [-0.15, -0.1) is 0 Å². The standard InChI is InChI=1S/C16H27NO3/c1-13(2)11-20-12-15(18)10-17-9-8-14-6-4-5-7-16(14)19-3/h4-7,13,15,17-18H,8-12H2,1-3H3. The smallest absolute Gasteiger partial charge is 0.122 e. The summed E-state index contributed by atoms with van der Waals surface area (Å²) >= 11 is 0. The lowest BCUT2D eigenvalue weighted by Crippen LogP contribution is -2.32. The highest BCUT2D eigenvalue weighted by Crippen LogP contribution is 2.17. The molecule has 4 nitrogen and oxygen atoms in total. The van der Waals surface area contributed by atoms with Crippen LogP contribution >= 0.6 is 0 Å². The lowest BCUT2D eigenvalue weighted by molar-refractivity contribution is 0.0263. The van der Waals surface area contributed by atoms with E-state index in [-0.39, 0.29) is 0 Å². The summed E-state index contributed by atoms with van der Waals surface area (Å²) in [6.45, 7) is 6.63. The van der Waals surface area contributed by atoms with Gasteiger partial charge in [0.05, 0.1) is 19.8 Å². The number of para-hydroxylation sites is 1. The normalized spacial score (nSPS) is 12.7. The minimum Gasteiger partial charge on any atom is -0.496 e. The monoisotopic (exact) mass is 281 g/mol. The van der Waals surface area contributed by atoms with Crippen molar-refractivity contribution in [2.75, 3.05) is 33.4 Å². The van der Waals surface area contributed by atoms with E-state index in [0.29, 0.717) is 25.7 Å². The lowest BCUT2D eigenvalue weighted by atomic mass is 10.1. The summed E-state index contributed by atoms with van der Waals surface area (Å²) in [7, 11) is 1.68. The molecule has 1 rings (SSSR count). The number of nitrogens with one attached hydrogen (secondary N) is 1. The fourth-order valence-electron chi connectivity index (χ4n) is 1.90. The first-order valence-electron chi connectivity index (χ1n) is 7.22. The molecule has 4 heteroatoms. The van der Waals surface area contributed by atoms with E-state index in [1.54, 1.807) is 7.11 Å². The largest absolute Gasteiger partial charge is 0.496 e. The van der Waals surface area contributed by atoms with Crippen molar-refractivity contribution >= 4 is 0 Å². The number of methoxy groups -OCH3 is 1. The maximum atomic E-state index is 9.75. The molecule has 0 radical (unpaired) electrons. The number of rotatable bonds is 10. The average Bonchev–Trinajstić information content (AvgIpc) is 2.43. The number of aliphatic hydroxyl groups excluding tert-OH is 1. The minimum absolute atomic E-state index is 0.389. The number of aliphatic hydroxyl groups is 1. The third-order valence-electron chi connectivity index (χ3n) is 2.91. The van der Waals surface area contributed by atoms with E-state index in [4.69, 9.17) is 9.47 Å². The first-order valence-corrected chi connectivity index (χ1v) is 7.22. The molecular formula is C16H27NO3. The molecule has 0 aliphatic heterocycles. The third-order valence-corrected chi connectivity index (χ3v) is 2.91. The number of benzene rings is 1. The summed E-state index contributed by atoms with van der Waals surface area (Å²) in [6, 6.07) is 7.99. The molecule has 114 valence electrons. The quantitative estimate of drug-likeness (QED) is 0.643. The molecular weight excluding hydrogens is 254 g/mol. The van der Waals surface area contributed by atoms with Crippen molar-refractivity contribution in [3.63, 3.8) is 0 Å². The van der Waals surface area contributed by atoms with Crippen LogP contribution in [-0.2, 0) is 11.2 Å². The summed E-state index contributed by atoms with van der Waals surface area (Å²) in [5.74, 6) is 1.41. The molecule has 0 fully saturated rings. The molecule has 0 aliphatic carbocycles. The van der Waals surface area contributed by atoms with Crippen molar-refractivity contribution in [2.24, 2.45) is 5.92 Å². The Morgan fingerprint density at radius 2 is 1.95 bits per heavy atom. The number of hydrogen-bond acceptors (Lipinski definition) is 4. The average molecular weight is 281 g/mol. The van der Waals surface area contributed by atoms with Gasteiger partial charge < -0.3 is 19.9 Å². The Kier molecular flexibility index (Phi) is 8.26. The highest BCUT2D eigenvalue weighted by Gasteiger charge is 2.05. The maximum absolute atomic E-state index is 9.75. The zero-order valence-corrected chi connectivity index (χ0v) is 12.8. The molecule has 1 unspecified atom stereocenters. The highest BCUT2D eigenvalue weighted by molar-refractivity contribution is 5.33. The molecule has 1 aromatic carbocycles. The van der Waals surface area contributed by atoms with Gasteiger partial charge >= 0.3 is 0 Å². The van der Waals surface area contributed by atoms with Crippen LogP contribution in [0.4, 0.5) is 0 Å². The fraction of sp³-hybridized carbons (Fsp3) is 0.625. The van der Waals surface area contributed by atoms with Gasteiger partial charge in [0.2, 0.25) is 0 Å². The second-order valence-corrected chi connectivity index (χ2v) is 5.35. The van der Waals surface area contributed by atoms with Crippen LogP contribution in [0.1, 0.15) is 19.4 Å². The van der Waals surface area contributed by atoms with Crippen molar-refractivity contribution < 1.29 is 14.6 Å². The molecule has 1 atom stereocenters. The van der Waals surface area contributed by atoms with Crippen LogP contribution in [-0.4, -0.2) is 44.6 Å². The summed E-state index contributed by atoms with van der Waals surface area (Å²) in [5.41, 5.74) is 1.17. The molecule has 2 N–H and O–H groups in total. The Bertz CT molecular complexity index is 368. The molecule has 0 saturated heterocycles. The zero-order valence-electron chi connectivity index (χ0n) is 12.8. The van der Waals surface area contributed by atoms with Crippen molar-refractivity contribution in [3.05, 3.63) is 29.8 Å². The van der Waals surface area contributed by atoms with Gasteiger partial charge in [0.25, 0.3) is 0 Å². The second kappa shape index (κ2) is 9.75. The van der Waals surface area contributed by atoms with Gasteiger partial charge in [-0.25, -0.2) is 0 Å². The van der Waals surface area contributed by atoms with Gasteiger partial charge in [-0.3, -0.25) is 0 Å². The van der Waals surface area contributed by atoms with E-state index in [1.807, 2.05) is 18.2 Å². The molecule has 0 aliphatic rings. The van der Waals surface area contributed by atoms with Gasteiger partial charge in [0.1, 0.15) is 5.75 Å². The van der Waals surface area contributed by atoms with Crippen molar-refractivity contribution in [1.82, 2.24) is 5.32 Å². The van der Waals surface area contributed by atoms with E-state index in [0.717, 1.165) is 18.7 Å². The first-order chi connectivity index (χ1) is 9.63. The van der Waals surface area contributed by atoms with Gasteiger partial charge in [-0.05, 0) is 30.5 Å². The molecule has 0 heterocycles. The summed E-state index contributed by atoms with van der Waals surface area (Å²) in [4.78, 5) is 0. The van der Waals surface area contributed by atoms with Crippen molar-refractivity contribution in [1.29, 1.82) is 0 Å². The van der Waals surface area contributed by atoms with E-state index < -0.39 is 6.10 Å². The van der Waals surface area contributed by atoms with Crippen LogP contribution < -0.4 is 10.1 Å². The van der Waals surface area contributed by atoms with Gasteiger partial charge in [-0.2, -0.15) is 0 Å². The summed E-state index contributed by atoms with van der Waals surface area (Å²) in [5, 5.41) is 13.0. The van der Waals surface area contributed by atoms with Gasteiger partial charge in [0.15, 0.2) is 0 Å². The Morgan fingerprint density at radius 1 is 1.20 bits per heavy atom. The van der Waals surface area contributed by atoms with E-state index in [1.165, 1.54) is 5.56 Å². The predicted octanol–water partition coefficient (Wildman–Crippen LogP) is 1.86. The van der Waals surface area contributed by atoms with Crippen LogP contribution in [0, 0.1) is 5.92 Å². The van der Waals surface area contributed by atoms with E-state index in [2.05, 4.69) is 25.2 Å².